The minimum Gasteiger partial charge on any atom is -0.543 e. The van der Waals surface area contributed by atoms with Crippen molar-refractivity contribution in [3.63, 3.8) is 0 Å². The average Bonchev–Trinajstić information content (AvgIpc) is 3.06. The van der Waals surface area contributed by atoms with Gasteiger partial charge in [-0.25, -0.2) is 9.97 Å². The highest BCUT2D eigenvalue weighted by Gasteiger charge is 2.38. The number of pyridine rings is 1. The van der Waals surface area contributed by atoms with Gasteiger partial charge in [-0.3, -0.25) is 0 Å². The first kappa shape index (κ1) is 21.3. The number of hydrogen-bond acceptors (Lipinski definition) is 5. The standard InChI is InChI=1S/C23H29N3OSSi/c1-23(2,3)29(5,6)27-18-12-13-19-20(15-18)28-22(26-19)10-8-7-9-17-11-14-21(24-4)25-16-17/h7-16H,1-6H3,(H,24,25)/b9-7+,10-8+. The summed E-state index contributed by atoms with van der Waals surface area (Å²) in [5.41, 5.74) is 2.07. The summed E-state index contributed by atoms with van der Waals surface area (Å²) in [4.78, 5) is 9.00. The molecule has 0 aliphatic carbocycles. The van der Waals surface area contributed by atoms with Crippen molar-refractivity contribution in [1.29, 1.82) is 0 Å². The highest BCUT2D eigenvalue weighted by molar-refractivity contribution is 7.19. The van der Waals surface area contributed by atoms with E-state index in [0.717, 1.165) is 32.4 Å². The van der Waals surface area contributed by atoms with Crippen LogP contribution in [0.3, 0.4) is 0 Å². The highest BCUT2D eigenvalue weighted by atomic mass is 32.1. The van der Waals surface area contributed by atoms with Gasteiger partial charge in [-0.1, -0.05) is 39.0 Å². The number of aromatic nitrogens is 2. The number of hydrogen-bond donors (Lipinski definition) is 1. The molecule has 1 N–H and O–H groups in total. The van der Waals surface area contributed by atoms with Crippen LogP contribution in [0.1, 0.15) is 31.3 Å². The second-order valence-electron chi connectivity index (χ2n) is 8.49. The van der Waals surface area contributed by atoms with Gasteiger partial charge in [0.25, 0.3) is 0 Å². The van der Waals surface area contributed by atoms with Crippen molar-refractivity contribution in [2.24, 2.45) is 0 Å². The van der Waals surface area contributed by atoms with Crippen LogP contribution in [0.25, 0.3) is 22.4 Å². The fourth-order valence-electron chi connectivity index (χ4n) is 2.46. The lowest BCUT2D eigenvalue weighted by Crippen LogP contribution is -2.43. The Bertz CT molecular complexity index is 1030. The molecule has 2 aromatic heterocycles. The minimum absolute atomic E-state index is 0.179. The van der Waals surface area contributed by atoms with Crippen LogP contribution < -0.4 is 9.74 Å². The molecule has 0 amide bonds. The zero-order valence-corrected chi connectivity index (χ0v) is 19.8. The molecule has 0 saturated heterocycles. The van der Waals surface area contributed by atoms with E-state index in [4.69, 9.17) is 9.41 Å². The van der Waals surface area contributed by atoms with E-state index in [1.807, 2.05) is 55.7 Å². The molecule has 0 bridgehead atoms. The van der Waals surface area contributed by atoms with E-state index in [-0.39, 0.29) is 5.04 Å². The van der Waals surface area contributed by atoms with Crippen molar-refractivity contribution in [1.82, 2.24) is 9.97 Å². The molecule has 2 heterocycles. The molecule has 4 nitrogen and oxygen atoms in total. The zero-order chi connectivity index (χ0) is 21.1. The van der Waals surface area contributed by atoms with Gasteiger partial charge in [0.15, 0.2) is 0 Å². The van der Waals surface area contributed by atoms with Gasteiger partial charge in [0.1, 0.15) is 16.6 Å². The Balaban J connectivity index is 1.70. The topological polar surface area (TPSA) is 47.0 Å². The van der Waals surface area contributed by atoms with Crippen LogP contribution in [0.15, 0.2) is 48.7 Å². The number of anilines is 1. The molecule has 0 aliphatic rings. The van der Waals surface area contributed by atoms with E-state index >= 15 is 0 Å². The van der Waals surface area contributed by atoms with E-state index in [9.17, 15) is 0 Å². The van der Waals surface area contributed by atoms with Crippen molar-refractivity contribution in [3.8, 4) is 5.75 Å². The van der Waals surface area contributed by atoms with Crippen molar-refractivity contribution in [3.05, 3.63) is 59.3 Å². The highest BCUT2D eigenvalue weighted by Crippen LogP contribution is 2.38. The number of nitrogens with one attached hydrogen (secondary N) is 1. The monoisotopic (exact) mass is 423 g/mol. The Kier molecular flexibility index (Phi) is 6.24. The summed E-state index contributed by atoms with van der Waals surface area (Å²) in [6.45, 7) is 11.3. The Hall–Kier alpha value is -2.44. The van der Waals surface area contributed by atoms with Crippen LogP contribution in [0.5, 0.6) is 5.75 Å². The number of thiazole rings is 1. The first-order valence-corrected chi connectivity index (χ1v) is 13.5. The number of benzene rings is 1. The predicted octanol–water partition coefficient (Wildman–Crippen LogP) is 6.84. The fourth-order valence-corrected chi connectivity index (χ4v) is 4.39. The number of fused-ring (bicyclic) bond motifs is 1. The minimum atomic E-state index is -1.84. The van der Waals surface area contributed by atoms with Crippen molar-refractivity contribution < 1.29 is 4.43 Å². The lowest BCUT2D eigenvalue weighted by Gasteiger charge is -2.36. The smallest absolute Gasteiger partial charge is 0.250 e. The van der Waals surface area contributed by atoms with Gasteiger partial charge in [-0.05, 0) is 60.1 Å². The first-order valence-electron chi connectivity index (χ1n) is 9.76. The maximum absolute atomic E-state index is 6.43. The number of rotatable bonds is 6. The van der Waals surface area contributed by atoms with E-state index in [1.54, 1.807) is 11.3 Å². The summed E-state index contributed by atoms with van der Waals surface area (Å²) in [5.74, 6) is 1.81. The molecular weight excluding hydrogens is 394 g/mol. The molecule has 6 heteroatoms. The summed E-state index contributed by atoms with van der Waals surface area (Å²) in [7, 11) is 0.0236. The molecule has 0 unspecified atom stereocenters. The van der Waals surface area contributed by atoms with Crippen LogP contribution in [-0.2, 0) is 0 Å². The van der Waals surface area contributed by atoms with Crippen LogP contribution in [-0.4, -0.2) is 25.3 Å². The van der Waals surface area contributed by atoms with E-state index < -0.39 is 8.32 Å². The zero-order valence-electron chi connectivity index (χ0n) is 18.0. The molecule has 3 aromatic rings. The quantitative estimate of drug-likeness (QED) is 0.348. The predicted molar refractivity (Wildman–Crippen MR) is 129 cm³/mol. The summed E-state index contributed by atoms with van der Waals surface area (Å²) >= 11 is 1.68. The SMILES string of the molecule is CNc1ccc(/C=C/C=C/c2nc3ccc(O[Si](C)(C)C(C)(C)C)cc3s2)cn1. The Morgan fingerprint density at radius 1 is 1.07 bits per heavy atom. The molecule has 0 spiro atoms. The Labute approximate surface area is 178 Å². The number of allylic oxidation sites excluding steroid dienone is 2. The van der Waals surface area contributed by atoms with Gasteiger partial charge in [0, 0.05) is 13.2 Å². The Morgan fingerprint density at radius 3 is 2.48 bits per heavy atom. The lowest BCUT2D eigenvalue weighted by atomic mass is 10.2. The summed E-state index contributed by atoms with van der Waals surface area (Å²) in [6.07, 6.45) is 9.93. The summed E-state index contributed by atoms with van der Waals surface area (Å²) < 4.78 is 7.58. The average molecular weight is 424 g/mol. The molecule has 152 valence electrons. The van der Waals surface area contributed by atoms with Crippen LogP contribution in [0.4, 0.5) is 5.82 Å². The first-order chi connectivity index (χ1) is 13.7. The van der Waals surface area contributed by atoms with Crippen molar-refractivity contribution >= 4 is 47.8 Å². The molecule has 0 aliphatic heterocycles. The second kappa shape index (κ2) is 8.51. The normalized spacial score (nSPS) is 12.9. The maximum atomic E-state index is 6.43. The maximum Gasteiger partial charge on any atom is 0.250 e. The molecule has 0 saturated carbocycles. The lowest BCUT2D eigenvalue weighted by molar-refractivity contribution is 0.493. The molecule has 1 aromatic carbocycles. The van der Waals surface area contributed by atoms with Crippen LogP contribution >= 0.6 is 11.3 Å². The third-order valence-electron chi connectivity index (χ3n) is 5.24. The van der Waals surface area contributed by atoms with Crippen molar-refractivity contribution in [2.75, 3.05) is 12.4 Å². The summed E-state index contributed by atoms with van der Waals surface area (Å²) in [6, 6.07) is 10.2. The van der Waals surface area contributed by atoms with Crippen LogP contribution in [0, 0.1) is 0 Å². The van der Waals surface area contributed by atoms with Gasteiger partial charge in [0.2, 0.25) is 8.32 Å². The molecule has 29 heavy (non-hydrogen) atoms. The molecule has 0 radical (unpaired) electrons. The Morgan fingerprint density at radius 2 is 1.83 bits per heavy atom. The van der Waals surface area contributed by atoms with E-state index in [2.05, 4.69) is 56.3 Å². The molecule has 0 atom stereocenters. The van der Waals surface area contributed by atoms with Gasteiger partial charge in [0.05, 0.1) is 10.2 Å². The number of nitrogens with zero attached hydrogens (tertiary/aromatic N) is 2. The molecular formula is C23H29N3OSSi. The van der Waals surface area contributed by atoms with E-state index in [0.29, 0.717) is 0 Å². The van der Waals surface area contributed by atoms with E-state index in [1.165, 1.54) is 0 Å². The largest absolute Gasteiger partial charge is 0.543 e. The third kappa shape index (κ3) is 5.34. The summed E-state index contributed by atoms with van der Waals surface area (Å²) in [5, 5.41) is 4.18. The molecule has 3 rings (SSSR count). The molecule has 0 fully saturated rings. The van der Waals surface area contributed by atoms with Crippen molar-refractivity contribution in [2.45, 2.75) is 38.9 Å². The van der Waals surface area contributed by atoms with Crippen LogP contribution in [0.2, 0.25) is 18.1 Å². The third-order valence-corrected chi connectivity index (χ3v) is 10.6. The van der Waals surface area contributed by atoms with Gasteiger partial charge in [-0.2, -0.15) is 0 Å². The fraction of sp³-hybridized carbons (Fsp3) is 0.304. The van der Waals surface area contributed by atoms with Gasteiger partial charge < -0.3 is 9.74 Å². The van der Waals surface area contributed by atoms with Gasteiger partial charge >= 0.3 is 0 Å². The van der Waals surface area contributed by atoms with Gasteiger partial charge in [-0.15, -0.1) is 11.3 Å². The second-order valence-corrected chi connectivity index (χ2v) is 14.3.